The maximum atomic E-state index is 12.3. The zero-order valence-corrected chi connectivity index (χ0v) is 12.4. The van der Waals surface area contributed by atoms with Crippen molar-refractivity contribution in [1.29, 1.82) is 0 Å². The lowest BCUT2D eigenvalue weighted by Gasteiger charge is -2.15. The Hall–Kier alpha value is -2.10. The molecule has 21 heavy (non-hydrogen) atoms. The fourth-order valence-corrected chi connectivity index (χ4v) is 3.09. The largest absolute Gasteiger partial charge is 0.352 e. The number of aromatic nitrogens is 2. The van der Waals surface area contributed by atoms with E-state index in [0.29, 0.717) is 18.2 Å². The van der Waals surface area contributed by atoms with Crippen molar-refractivity contribution in [2.24, 2.45) is 0 Å². The zero-order valence-electron chi connectivity index (χ0n) is 12.4. The van der Waals surface area contributed by atoms with Gasteiger partial charge in [0.2, 0.25) is 0 Å². The summed E-state index contributed by atoms with van der Waals surface area (Å²) in [7, 11) is 0. The van der Waals surface area contributed by atoms with E-state index in [4.69, 9.17) is 0 Å². The molecule has 1 aliphatic rings. The third-order valence-electron chi connectivity index (χ3n) is 4.10. The van der Waals surface area contributed by atoms with Gasteiger partial charge >= 0.3 is 0 Å². The molecule has 1 aromatic heterocycles. The fraction of sp³-hybridized carbons (Fsp3) is 0.412. The van der Waals surface area contributed by atoms with Gasteiger partial charge in [-0.2, -0.15) is 5.10 Å². The van der Waals surface area contributed by atoms with Crippen LogP contribution in [0.25, 0.3) is 11.3 Å². The number of hydrogen-bond acceptors (Lipinski definition) is 2. The summed E-state index contributed by atoms with van der Waals surface area (Å²) in [5.41, 5.74) is 2.69. The first-order valence-corrected chi connectivity index (χ1v) is 7.72. The van der Waals surface area contributed by atoms with E-state index >= 15 is 0 Å². The zero-order chi connectivity index (χ0) is 14.7. The number of amides is 1. The molecule has 1 aromatic carbocycles. The molecular weight excluding hydrogens is 262 g/mol. The van der Waals surface area contributed by atoms with Crippen molar-refractivity contribution in [1.82, 2.24) is 15.1 Å². The molecule has 0 atom stereocenters. The Morgan fingerprint density at radius 2 is 2.00 bits per heavy atom. The standard InChI is InChI=1S/C17H21N3O/c1-2-18-17(21)15-12-19-20(14-10-6-7-11-14)16(15)13-8-4-3-5-9-13/h3-5,8-9,12,14H,2,6-7,10-11H2,1H3,(H,18,21). The van der Waals surface area contributed by atoms with E-state index in [-0.39, 0.29) is 5.91 Å². The SMILES string of the molecule is CCNC(=O)c1cnn(C2CCCC2)c1-c1ccccc1. The topological polar surface area (TPSA) is 46.9 Å². The number of rotatable bonds is 4. The molecule has 0 radical (unpaired) electrons. The molecule has 1 heterocycles. The normalized spacial score (nSPS) is 15.3. The van der Waals surface area contributed by atoms with Crippen molar-refractivity contribution in [3.63, 3.8) is 0 Å². The van der Waals surface area contributed by atoms with Crippen LogP contribution in [0.1, 0.15) is 49.0 Å². The van der Waals surface area contributed by atoms with Gasteiger partial charge in [-0.1, -0.05) is 43.2 Å². The summed E-state index contributed by atoms with van der Waals surface area (Å²) in [6.45, 7) is 2.56. The Morgan fingerprint density at radius 1 is 1.29 bits per heavy atom. The van der Waals surface area contributed by atoms with Gasteiger partial charge in [0.25, 0.3) is 5.91 Å². The average Bonchev–Trinajstić information content (AvgIpc) is 3.17. The molecule has 4 nitrogen and oxygen atoms in total. The number of nitrogens with one attached hydrogen (secondary N) is 1. The van der Waals surface area contributed by atoms with Crippen molar-refractivity contribution in [3.05, 3.63) is 42.1 Å². The molecule has 0 spiro atoms. The van der Waals surface area contributed by atoms with Gasteiger partial charge in [-0.05, 0) is 19.8 Å². The predicted molar refractivity (Wildman–Crippen MR) is 83.2 cm³/mol. The first-order chi connectivity index (χ1) is 10.3. The highest BCUT2D eigenvalue weighted by atomic mass is 16.1. The smallest absolute Gasteiger partial charge is 0.255 e. The summed E-state index contributed by atoms with van der Waals surface area (Å²) in [4.78, 5) is 12.3. The molecule has 1 saturated carbocycles. The van der Waals surface area contributed by atoms with Gasteiger partial charge in [0.15, 0.2) is 0 Å². The number of hydrogen-bond donors (Lipinski definition) is 1. The van der Waals surface area contributed by atoms with Crippen LogP contribution < -0.4 is 5.32 Å². The highest BCUT2D eigenvalue weighted by Crippen LogP contribution is 2.34. The van der Waals surface area contributed by atoms with Crippen LogP contribution in [0.15, 0.2) is 36.5 Å². The Bertz CT molecular complexity index is 612. The van der Waals surface area contributed by atoms with Gasteiger partial charge in [-0.15, -0.1) is 0 Å². The van der Waals surface area contributed by atoms with Gasteiger partial charge in [-0.3, -0.25) is 9.48 Å². The number of benzene rings is 1. The summed E-state index contributed by atoms with van der Waals surface area (Å²) in [5, 5.41) is 7.42. The predicted octanol–water partition coefficient (Wildman–Crippen LogP) is 3.41. The van der Waals surface area contributed by atoms with E-state index in [1.807, 2.05) is 37.3 Å². The molecule has 1 aliphatic carbocycles. The van der Waals surface area contributed by atoms with Crippen molar-refractivity contribution < 1.29 is 4.79 Å². The molecule has 0 unspecified atom stereocenters. The second-order valence-electron chi connectivity index (χ2n) is 5.52. The van der Waals surface area contributed by atoms with E-state index in [1.54, 1.807) is 6.20 Å². The van der Waals surface area contributed by atoms with Crippen molar-refractivity contribution in [2.45, 2.75) is 38.6 Å². The summed E-state index contributed by atoms with van der Waals surface area (Å²) in [5.74, 6) is -0.0411. The number of nitrogens with zero attached hydrogens (tertiary/aromatic N) is 2. The molecule has 0 saturated heterocycles. The Labute approximate surface area is 125 Å². The van der Waals surface area contributed by atoms with Crippen LogP contribution in [0.5, 0.6) is 0 Å². The molecule has 2 aromatic rings. The van der Waals surface area contributed by atoms with Crippen LogP contribution >= 0.6 is 0 Å². The summed E-state index contributed by atoms with van der Waals surface area (Å²) < 4.78 is 2.06. The van der Waals surface area contributed by atoms with E-state index < -0.39 is 0 Å². The highest BCUT2D eigenvalue weighted by Gasteiger charge is 2.25. The molecule has 110 valence electrons. The second-order valence-corrected chi connectivity index (χ2v) is 5.52. The van der Waals surface area contributed by atoms with Crippen LogP contribution in [-0.2, 0) is 0 Å². The minimum atomic E-state index is -0.0411. The van der Waals surface area contributed by atoms with Crippen LogP contribution in [0, 0.1) is 0 Å². The number of carbonyl (C=O) groups excluding carboxylic acids is 1. The van der Waals surface area contributed by atoms with Crippen molar-refractivity contribution in [3.8, 4) is 11.3 Å². The van der Waals surface area contributed by atoms with Crippen molar-refractivity contribution in [2.75, 3.05) is 6.54 Å². The first-order valence-electron chi connectivity index (χ1n) is 7.72. The van der Waals surface area contributed by atoms with Gasteiger partial charge in [0.1, 0.15) is 0 Å². The Kier molecular flexibility index (Phi) is 4.04. The molecule has 3 rings (SSSR count). The lowest BCUT2D eigenvalue weighted by atomic mass is 10.1. The van der Waals surface area contributed by atoms with E-state index in [0.717, 1.165) is 24.1 Å². The van der Waals surface area contributed by atoms with Gasteiger partial charge in [0.05, 0.1) is 23.5 Å². The van der Waals surface area contributed by atoms with Crippen LogP contribution in [0.2, 0.25) is 0 Å². The minimum Gasteiger partial charge on any atom is -0.352 e. The third kappa shape index (κ3) is 2.71. The monoisotopic (exact) mass is 283 g/mol. The Balaban J connectivity index is 2.07. The molecule has 1 amide bonds. The van der Waals surface area contributed by atoms with E-state index in [2.05, 4.69) is 15.1 Å². The van der Waals surface area contributed by atoms with Gasteiger partial charge < -0.3 is 5.32 Å². The van der Waals surface area contributed by atoms with E-state index in [1.165, 1.54) is 12.8 Å². The summed E-state index contributed by atoms with van der Waals surface area (Å²) >= 11 is 0. The third-order valence-corrected chi connectivity index (χ3v) is 4.10. The summed E-state index contributed by atoms with van der Waals surface area (Å²) in [6.07, 6.45) is 6.50. The summed E-state index contributed by atoms with van der Waals surface area (Å²) in [6, 6.07) is 10.5. The first kappa shape index (κ1) is 13.9. The molecule has 1 fully saturated rings. The van der Waals surface area contributed by atoms with E-state index in [9.17, 15) is 4.79 Å². The Morgan fingerprint density at radius 3 is 2.67 bits per heavy atom. The molecule has 0 aliphatic heterocycles. The molecule has 4 heteroatoms. The van der Waals surface area contributed by atoms with Crippen LogP contribution in [0.4, 0.5) is 0 Å². The lowest BCUT2D eigenvalue weighted by Crippen LogP contribution is -2.23. The fourth-order valence-electron chi connectivity index (χ4n) is 3.09. The van der Waals surface area contributed by atoms with Crippen molar-refractivity contribution >= 4 is 5.91 Å². The average molecular weight is 283 g/mol. The van der Waals surface area contributed by atoms with Crippen LogP contribution in [0.3, 0.4) is 0 Å². The maximum absolute atomic E-state index is 12.3. The molecule has 0 bridgehead atoms. The van der Waals surface area contributed by atoms with Crippen LogP contribution in [-0.4, -0.2) is 22.2 Å². The quantitative estimate of drug-likeness (QED) is 0.934. The molecule has 1 N–H and O–H groups in total. The second kappa shape index (κ2) is 6.12. The molecular formula is C17H21N3O. The maximum Gasteiger partial charge on any atom is 0.255 e. The number of carbonyl (C=O) groups is 1. The minimum absolute atomic E-state index is 0.0411. The highest BCUT2D eigenvalue weighted by molar-refractivity contribution is 5.99. The van der Waals surface area contributed by atoms with Gasteiger partial charge in [-0.25, -0.2) is 0 Å². The lowest BCUT2D eigenvalue weighted by molar-refractivity contribution is 0.0956. The van der Waals surface area contributed by atoms with Gasteiger partial charge in [0, 0.05) is 12.1 Å².